The highest BCUT2D eigenvalue weighted by molar-refractivity contribution is 5.82. The summed E-state index contributed by atoms with van der Waals surface area (Å²) in [7, 11) is 0. The summed E-state index contributed by atoms with van der Waals surface area (Å²) in [5.41, 5.74) is 2.42. The van der Waals surface area contributed by atoms with Crippen molar-refractivity contribution in [3.8, 4) is 5.75 Å². The number of ether oxygens (including phenoxy) is 1. The van der Waals surface area contributed by atoms with Crippen molar-refractivity contribution in [3.63, 3.8) is 0 Å². The van der Waals surface area contributed by atoms with Gasteiger partial charge in [-0.05, 0) is 37.5 Å². The van der Waals surface area contributed by atoms with Gasteiger partial charge in [-0.2, -0.15) is 0 Å². The van der Waals surface area contributed by atoms with Gasteiger partial charge in [0.2, 0.25) is 0 Å². The summed E-state index contributed by atoms with van der Waals surface area (Å²) in [6.07, 6.45) is 4.57. The Bertz CT molecular complexity index is 397. The minimum absolute atomic E-state index is 0.0739. The number of oxime groups is 1. The van der Waals surface area contributed by atoms with Crippen molar-refractivity contribution in [2.75, 3.05) is 6.61 Å². The summed E-state index contributed by atoms with van der Waals surface area (Å²) in [5.74, 6) is 0.906. The summed E-state index contributed by atoms with van der Waals surface area (Å²) in [5, 5.41) is 3.91. The molecular formula is C15H21NO2. The molecule has 0 bridgehead atoms. The van der Waals surface area contributed by atoms with Crippen molar-refractivity contribution in [3.05, 3.63) is 29.8 Å². The Labute approximate surface area is 109 Å². The van der Waals surface area contributed by atoms with E-state index in [1.807, 2.05) is 19.1 Å². The van der Waals surface area contributed by atoms with Crippen LogP contribution in [0.1, 0.15) is 38.7 Å². The number of rotatable bonds is 6. The third-order valence-corrected chi connectivity index (χ3v) is 3.06. The highest BCUT2D eigenvalue weighted by atomic mass is 16.7. The van der Waals surface area contributed by atoms with E-state index < -0.39 is 0 Å². The normalized spacial score (nSPS) is 18.3. The fourth-order valence-corrected chi connectivity index (χ4v) is 1.98. The molecule has 1 aliphatic rings. The van der Waals surface area contributed by atoms with Crippen LogP contribution < -0.4 is 4.74 Å². The molecule has 1 heterocycles. The van der Waals surface area contributed by atoms with Crippen molar-refractivity contribution < 1.29 is 9.57 Å². The highest BCUT2D eigenvalue weighted by Gasteiger charge is 2.18. The lowest BCUT2D eigenvalue weighted by Crippen LogP contribution is -2.17. The average Bonchev–Trinajstić information content (AvgIpc) is 2.81. The molecule has 1 unspecified atom stereocenters. The molecular weight excluding hydrogens is 226 g/mol. The van der Waals surface area contributed by atoms with Gasteiger partial charge in [-0.15, -0.1) is 0 Å². The molecule has 18 heavy (non-hydrogen) atoms. The van der Waals surface area contributed by atoms with Gasteiger partial charge in [0.1, 0.15) is 12.4 Å². The van der Waals surface area contributed by atoms with Gasteiger partial charge < -0.3 is 9.57 Å². The zero-order valence-electron chi connectivity index (χ0n) is 11.2. The van der Waals surface area contributed by atoms with Crippen LogP contribution in [0.3, 0.4) is 0 Å². The molecule has 3 heteroatoms. The summed E-state index contributed by atoms with van der Waals surface area (Å²) in [6, 6.07) is 8.35. The van der Waals surface area contributed by atoms with E-state index in [1.54, 1.807) is 0 Å². The predicted octanol–water partition coefficient (Wildman–Crippen LogP) is 3.57. The van der Waals surface area contributed by atoms with E-state index in [0.29, 0.717) is 6.61 Å². The lowest BCUT2D eigenvalue weighted by molar-refractivity contribution is 0.0471. The Hall–Kier alpha value is -1.51. The molecule has 1 aromatic carbocycles. The van der Waals surface area contributed by atoms with Gasteiger partial charge >= 0.3 is 0 Å². The van der Waals surface area contributed by atoms with Crippen molar-refractivity contribution >= 4 is 5.71 Å². The summed E-state index contributed by atoms with van der Waals surface area (Å²) < 4.78 is 5.70. The summed E-state index contributed by atoms with van der Waals surface area (Å²) >= 11 is 0. The molecule has 0 aromatic heterocycles. The number of unbranched alkanes of at least 4 members (excludes halogenated alkanes) is 1. The predicted molar refractivity (Wildman–Crippen MR) is 73.1 cm³/mol. The first-order chi connectivity index (χ1) is 8.78. The average molecular weight is 247 g/mol. The van der Waals surface area contributed by atoms with Crippen molar-refractivity contribution in [2.24, 2.45) is 5.16 Å². The van der Waals surface area contributed by atoms with Crippen LogP contribution in [-0.4, -0.2) is 18.4 Å². The zero-order chi connectivity index (χ0) is 12.8. The second-order valence-corrected chi connectivity index (χ2v) is 4.82. The first kappa shape index (κ1) is 12.9. The smallest absolute Gasteiger partial charge is 0.166 e. The molecule has 0 saturated heterocycles. The second kappa shape index (κ2) is 6.43. The van der Waals surface area contributed by atoms with E-state index in [2.05, 4.69) is 24.2 Å². The maximum atomic E-state index is 5.70. The number of hydrogen-bond donors (Lipinski definition) is 0. The van der Waals surface area contributed by atoms with Gasteiger partial charge in [-0.3, -0.25) is 0 Å². The molecule has 0 fully saturated rings. The lowest BCUT2D eigenvalue weighted by atomic mass is 10.1. The number of benzene rings is 1. The fourth-order valence-electron chi connectivity index (χ4n) is 1.98. The SMILES string of the molecule is CCCCc1ccc(OCC2CC(C)=NO2)cc1. The first-order valence-corrected chi connectivity index (χ1v) is 6.69. The van der Waals surface area contributed by atoms with Crippen molar-refractivity contribution in [1.29, 1.82) is 0 Å². The van der Waals surface area contributed by atoms with E-state index in [9.17, 15) is 0 Å². The van der Waals surface area contributed by atoms with Crippen LogP contribution in [-0.2, 0) is 11.3 Å². The third-order valence-electron chi connectivity index (χ3n) is 3.06. The molecule has 3 nitrogen and oxygen atoms in total. The van der Waals surface area contributed by atoms with Crippen LogP contribution in [0.5, 0.6) is 5.75 Å². The number of aryl methyl sites for hydroxylation is 1. The Morgan fingerprint density at radius 2 is 2.11 bits per heavy atom. The topological polar surface area (TPSA) is 30.8 Å². The molecule has 2 rings (SSSR count). The maximum absolute atomic E-state index is 5.70. The maximum Gasteiger partial charge on any atom is 0.166 e. The van der Waals surface area contributed by atoms with Crippen molar-refractivity contribution in [1.82, 2.24) is 0 Å². The molecule has 1 aliphatic heterocycles. The minimum atomic E-state index is 0.0739. The van der Waals surface area contributed by atoms with Gasteiger partial charge in [-0.1, -0.05) is 30.6 Å². The van der Waals surface area contributed by atoms with Crippen LogP contribution in [0.15, 0.2) is 29.4 Å². The van der Waals surface area contributed by atoms with Crippen LogP contribution in [0.2, 0.25) is 0 Å². The monoisotopic (exact) mass is 247 g/mol. The molecule has 0 aliphatic carbocycles. The van der Waals surface area contributed by atoms with Gasteiger partial charge in [0.25, 0.3) is 0 Å². The second-order valence-electron chi connectivity index (χ2n) is 4.82. The molecule has 0 amide bonds. The Kier molecular flexibility index (Phi) is 4.62. The van der Waals surface area contributed by atoms with Gasteiger partial charge in [0, 0.05) is 6.42 Å². The minimum Gasteiger partial charge on any atom is -0.490 e. The molecule has 0 spiro atoms. The molecule has 1 atom stereocenters. The zero-order valence-corrected chi connectivity index (χ0v) is 11.2. The number of nitrogens with zero attached hydrogens (tertiary/aromatic N) is 1. The number of hydrogen-bond acceptors (Lipinski definition) is 3. The molecule has 0 radical (unpaired) electrons. The van der Waals surface area contributed by atoms with Gasteiger partial charge in [0.05, 0.1) is 5.71 Å². The van der Waals surface area contributed by atoms with E-state index >= 15 is 0 Å². The highest BCUT2D eigenvalue weighted by Crippen LogP contribution is 2.16. The fraction of sp³-hybridized carbons (Fsp3) is 0.533. The van der Waals surface area contributed by atoms with E-state index in [1.165, 1.54) is 18.4 Å². The third kappa shape index (κ3) is 3.76. The van der Waals surface area contributed by atoms with Crippen molar-refractivity contribution in [2.45, 2.75) is 45.6 Å². The van der Waals surface area contributed by atoms with Crippen LogP contribution >= 0.6 is 0 Å². The standard InChI is InChI=1S/C15H21NO2/c1-3-4-5-13-6-8-14(9-7-13)17-11-15-10-12(2)16-18-15/h6-9,15H,3-5,10-11H2,1-2H3. The van der Waals surface area contributed by atoms with E-state index in [-0.39, 0.29) is 6.10 Å². The Balaban J connectivity index is 1.76. The summed E-state index contributed by atoms with van der Waals surface area (Å²) in [6.45, 7) is 4.75. The van der Waals surface area contributed by atoms with Crippen LogP contribution in [0, 0.1) is 0 Å². The Morgan fingerprint density at radius 1 is 1.33 bits per heavy atom. The first-order valence-electron chi connectivity index (χ1n) is 6.69. The quantitative estimate of drug-likeness (QED) is 0.769. The molecule has 1 aromatic rings. The molecule has 98 valence electrons. The van der Waals surface area contributed by atoms with Gasteiger partial charge in [-0.25, -0.2) is 0 Å². The summed E-state index contributed by atoms with van der Waals surface area (Å²) in [4.78, 5) is 5.23. The molecule has 0 saturated carbocycles. The lowest BCUT2D eigenvalue weighted by Gasteiger charge is -2.10. The van der Waals surface area contributed by atoms with Crippen LogP contribution in [0.4, 0.5) is 0 Å². The largest absolute Gasteiger partial charge is 0.490 e. The van der Waals surface area contributed by atoms with E-state index in [0.717, 1.165) is 24.3 Å². The molecule has 0 N–H and O–H groups in total. The van der Waals surface area contributed by atoms with Gasteiger partial charge in [0.15, 0.2) is 6.10 Å². The Morgan fingerprint density at radius 3 is 2.72 bits per heavy atom. The van der Waals surface area contributed by atoms with Crippen LogP contribution in [0.25, 0.3) is 0 Å². The van der Waals surface area contributed by atoms with E-state index in [4.69, 9.17) is 9.57 Å².